The minimum Gasteiger partial charge on any atom is -0.300 e. The van der Waals surface area contributed by atoms with E-state index in [9.17, 15) is 9.59 Å². The maximum atomic E-state index is 12.2. The molecular weight excluding hydrogens is 284 g/mol. The summed E-state index contributed by atoms with van der Waals surface area (Å²) < 4.78 is 0. The van der Waals surface area contributed by atoms with Crippen LogP contribution in [-0.2, 0) is 9.59 Å². The summed E-state index contributed by atoms with van der Waals surface area (Å²) in [6, 6.07) is 0. The number of hydrogen-bond acceptors (Lipinski definition) is 2. The zero-order chi connectivity index (χ0) is 16.4. The van der Waals surface area contributed by atoms with E-state index < -0.39 is 0 Å². The smallest absolute Gasteiger partial charge is 0.133 e. The van der Waals surface area contributed by atoms with Gasteiger partial charge in [-0.15, -0.1) is 0 Å². The van der Waals surface area contributed by atoms with Crippen molar-refractivity contribution in [3.63, 3.8) is 0 Å². The summed E-state index contributed by atoms with van der Waals surface area (Å²) in [5.41, 5.74) is 0.660. The summed E-state index contributed by atoms with van der Waals surface area (Å²) in [6.45, 7) is 6.74. The third-order valence-corrected chi connectivity index (χ3v) is 8.97. The molecule has 2 heteroatoms. The van der Waals surface area contributed by atoms with Crippen molar-refractivity contribution < 1.29 is 9.59 Å². The quantitative estimate of drug-likeness (QED) is 0.696. The van der Waals surface area contributed by atoms with Gasteiger partial charge in [0, 0.05) is 18.8 Å². The van der Waals surface area contributed by atoms with Gasteiger partial charge in [0.15, 0.2) is 0 Å². The summed E-state index contributed by atoms with van der Waals surface area (Å²) in [5.74, 6) is 4.25. The van der Waals surface area contributed by atoms with Crippen LogP contribution in [0, 0.1) is 40.4 Å². The van der Waals surface area contributed by atoms with Crippen molar-refractivity contribution in [2.45, 2.75) is 78.6 Å². The SMILES string of the molecule is CC(=O)C1CCC2C3CC[C@@H]4CC(=O)CC[C@]4(C)C3CC[C@]12C. The second-order valence-corrected chi connectivity index (χ2v) is 9.68. The Balaban J connectivity index is 1.63. The molecule has 0 saturated heterocycles. The molecule has 0 aliphatic heterocycles. The van der Waals surface area contributed by atoms with E-state index in [2.05, 4.69) is 13.8 Å². The number of hydrogen-bond donors (Lipinski definition) is 0. The normalized spacial score (nSPS) is 52.5. The first-order valence-electron chi connectivity index (χ1n) is 9.88. The minimum atomic E-state index is 0.265. The van der Waals surface area contributed by atoms with Crippen LogP contribution in [0.1, 0.15) is 78.6 Å². The first-order valence-corrected chi connectivity index (χ1v) is 9.88. The highest BCUT2D eigenvalue weighted by molar-refractivity contribution is 5.80. The van der Waals surface area contributed by atoms with Crippen LogP contribution in [0.4, 0.5) is 0 Å². The van der Waals surface area contributed by atoms with Gasteiger partial charge in [-0.1, -0.05) is 13.8 Å². The molecule has 0 spiro atoms. The van der Waals surface area contributed by atoms with Gasteiger partial charge in [0.25, 0.3) is 0 Å². The molecule has 4 rings (SSSR count). The van der Waals surface area contributed by atoms with E-state index in [1.807, 2.05) is 6.92 Å². The molecule has 128 valence electrons. The van der Waals surface area contributed by atoms with Crippen LogP contribution in [0.15, 0.2) is 0 Å². The lowest BCUT2D eigenvalue weighted by Gasteiger charge is -2.60. The number of rotatable bonds is 1. The molecule has 0 aromatic carbocycles. The summed E-state index contributed by atoms with van der Waals surface area (Å²) in [5, 5.41) is 0. The molecule has 2 nitrogen and oxygen atoms in total. The highest BCUT2D eigenvalue weighted by Gasteiger charge is 2.60. The monoisotopic (exact) mass is 316 g/mol. The molecule has 4 aliphatic carbocycles. The molecule has 4 fully saturated rings. The molecule has 4 saturated carbocycles. The van der Waals surface area contributed by atoms with Crippen molar-refractivity contribution in [1.29, 1.82) is 0 Å². The molecule has 0 amide bonds. The van der Waals surface area contributed by atoms with Gasteiger partial charge >= 0.3 is 0 Å². The summed E-state index contributed by atoms with van der Waals surface area (Å²) in [7, 11) is 0. The predicted molar refractivity (Wildman–Crippen MR) is 90.9 cm³/mol. The van der Waals surface area contributed by atoms with Crippen LogP contribution >= 0.6 is 0 Å². The second kappa shape index (κ2) is 5.17. The largest absolute Gasteiger partial charge is 0.300 e. The number of Topliss-reactive ketones (excluding diaryl/α,β-unsaturated/α-hetero) is 2. The van der Waals surface area contributed by atoms with Crippen molar-refractivity contribution in [1.82, 2.24) is 0 Å². The Morgan fingerprint density at radius 3 is 2.43 bits per heavy atom. The lowest BCUT2D eigenvalue weighted by atomic mass is 9.44. The zero-order valence-corrected chi connectivity index (χ0v) is 15.1. The Kier molecular flexibility index (Phi) is 3.56. The molecule has 0 N–H and O–H groups in total. The van der Waals surface area contributed by atoms with Crippen LogP contribution in [0.2, 0.25) is 0 Å². The van der Waals surface area contributed by atoms with E-state index in [1.54, 1.807) is 0 Å². The highest BCUT2D eigenvalue weighted by atomic mass is 16.1. The van der Waals surface area contributed by atoms with Crippen LogP contribution in [0.5, 0.6) is 0 Å². The van der Waals surface area contributed by atoms with Gasteiger partial charge in [0.2, 0.25) is 0 Å². The van der Waals surface area contributed by atoms with E-state index in [0.29, 0.717) is 28.8 Å². The number of carbonyl (C=O) groups excluding carboxylic acids is 2. The minimum absolute atomic E-state index is 0.265. The zero-order valence-electron chi connectivity index (χ0n) is 15.1. The van der Waals surface area contributed by atoms with Gasteiger partial charge in [-0.05, 0) is 86.4 Å². The van der Waals surface area contributed by atoms with Gasteiger partial charge in [-0.2, -0.15) is 0 Å². The fraction of sp³-hybridized carbons (Fsp3) is 0.905. The molecule has 23 heavy (non-hydrogen) atoms. The summed E-state index contributed by atoms with van der Waals surface area (Å²) in [4.78, 5) is 24.1. The lowest BCUT2D eigenvalue weighted by molar-refractivity contribution is -0.143. The van der Waals surface area contributed by atoms with Gasteiger partial charge in [0.05, 0.1) is 0 Å². The van der Waals surface area contributed by atoms with E-state index in [0.717, 1.165) is 43.4 Å². The Labute approximate surface area is 140 Å². The highest BCUT2D eigenvalue weighted by Crippen LogP contribution is 2.67. The Morgan fingerprint density at radius 2 is 1.70 bits per heavy atom. The van der Waals surface area contributed by atoms with Crippen LogP contribution in [-0.4, -0.2) is 11.6 Å². The van der Waals surface area contributed by atoms with Crippen molar-refractivity contribution in [3.8, 4) is 0 Å². The first-order chi connectivity index (χ1) is 10.9. The Morgan fingerprint density at radius 1 is 0.957 bits per heavy atom. The molecule has 0 radical (unpaired) electrons. The third-order valence-electron chi connectivity index (χ3n) is 8.97. The van der Waals surface area contributed by atoms with Crippen molar-refractivity contribution in [2.24, 2.45) is 40.4 Å². The fourth-order valence-electron chi connectivity index (χ4n) is 7.71. The molecule has 4 aliphatic rings. The van der Waals surface area contributed by atoms with Gasteiger partial charge in [-0.3, -0.25) is 9.59 Å². The topological polar surface area (TPSA) is 34.1 Å². The van der Waals surface area contributed by atoms with Gasteiger partial charge < -0.3 is 0 Å². The molecule has 7 atom stereocenters. The third kappa shape index (κ3) is 2.12. The molecular formula is C21H32O2. The molecule has 0 heterocycles. The van der Waals surface area contributed by atoms with Crippen molar-refractivity contribution >= 4 is 11.6 Å². The number of ketones is 2. The molecule has 4 unspecified atom stereocenters. The summed E-state index contributed by atoms with van der Waals surface area (Å²) in [6.07, 6.45) is 10.3. The van der Waals surface area contributed by atoms with Crippen LogP contribution in [0.3, 0.4) is 0 Å². The van der Waals surface area contributed by atoms with E-state index in [1.165, 1.54) is 32.1 Å². The first kappa shape index (κ1) is 15.8. The number of fused-ring (bicyclic) bond motifs is 5. The molecule has 0 aromatic heterocycles. The number of carbonyl (C=O) groups is 2. The predicted octanol–water partition coefficient (Wildman–Crippen LogP) is 4.80. The van der Waals surface area contributed by atoms with Gasteiger partial charge in [-0.25, -0.2) is 0 Å². The standard InChI is InChI=1S/C21H32O2/c1-13(22)17-6-7-18-16-5-4-14-12-15(23)8-10-20(14,2)19(16)9-11-21(17,18)3/h14,16-19H,4-12H2,1-3H3/t14-,16?,17?,18?,19?,20+,21-/m1/s1. The van der Waals surface area contributed by atoms with E-state index in [4.69, 9.17) is 0 Å². The fourth-order valence-corrected chi connectivity index (χ4v) is 7.71. The van der Waals surface area contributed by atoms with Crippen LogP contribution < -0.4 is 0 Å². The molecule has 0 bridgehead atoms. The lowest BCUT2D eigenvalue weighted by Crippen LogP contribution is -2.53. The Bertz CT molecular complexity index is 538. The van der Waals surface area contributed by atoms with Crippen molar-refractivity contribution in [3.05, 3.63) is 0 Å². The van der Waals surface area contributed by atoms with E-state index >= 15 is 0 Å². The van der Waals surface area contributed by atoms with Crippen molar-refractivity contribution in [2.75, 3.05) is 0 Å². The van der Waals surface area contributed by atoms with Gasteiger partial charge in [0.1, 0.15) is 11.6 Å². The molecule has 0 aromatic rings. The van der Waals surface area contributed by atoms with E-state index in [-0.39, 0.29) is 5.41 Å². The second-order valence-electron chi connectivity index (χ2n) is 9.68. The summed E-state index contributed by atoms with van der Waals surface area (Å²) >= 11 is 0. The Hall–Kier alpha value is -0.660. The van der Waals surface area contributed by atoms with Crippen LogP contribution in [0.25, 0.3) is 0 Å². The maximum Gasteiger partial charge on any atom is 0.133 e. The maximum absolute atomic E-state index is 12.2. The average molecular weight is 316 g/mol. The average Bonchev–Trinajstić information content (AvgIpc) is 2.85.